The average Bonchev–Trinajstić information content (AvgIpc) is 2.12. The minimum absolute atomic E-state index is 0.0233. The van der Waals surface area contributed by atoms with Gasteiger partial charge in [-0.3, -0.25) is 4.79 Å². The zero-order valence-electron chi connectivity index (χ0n) is 11.5. The smallest absolute Gasteiger partial charge is 0.307 e. The van der Waals surface area contributed by atoms with E-state index < -0.39 is 0 Å². The topological polar surface area (TPSA) is 26.3 Å². The number of esters is 1. The van der Waals surface area contributed by atoms with E-state index in [9.17, 15) is 4.79 Å². The number of thioether (sulfide) groups is 1. The molecule has 0 radical (unpaired) electrons. The highest BCUT2D eigenvalue weighted by molar-refractivity contribution is 7.99. The van der Waals surface area contributed by atoms with Crippen molar-refractivity contribution in [1.29, 1.82) is 0 Å². The summed E-state index contributed by atoms with van der Waals surface area (Å²) in [5, 5.41) is 0.361. The van der Waals surface area contributed by atoms with Gasteiger partial charge in [0.2, 0.25) is 0 Å². The van der Waals surface area contributed by atoms with Crippen LogP contribution in [0, 0.1) is 5.41 Å². The Balaban J connectivity index is 3.90. The Kier molecular flexibility index (Phi) is 7.12. The maximum absolute atomic E-state index is 11.6. The van der Waals surface area contributed by atoms with Crippen molar-refractivity contribution in [2.24, 2.45) is 5.41 Å². The van der Waals surface area contributed by atoms with E-state index in [1.807, 2.05) is 18.7 Å². The molecule has 0 N–H and O–H groups in total. The normalized spacial score (nSPS) is 15.6. The Morgan fingerprint density at radius 2 is 1.88 bits per heavy atom. The van der Waals surface area contributed by atoms with Gasteiger partial charge in [-0.25, -0.2) is 0 Å². The average molecular weight is 246 g/mol. The SMILES string of the molecule is CCCSC(C)CC(=O)OC(C)C(C)(C)C. The van der Waals surface area contributed by atoms with Crippen LogP contribution in [0.2, 0.25) is 0 Å². The molecule has 0 aromatic heterocycles. The van der Waals surface area contributed by atoms with Crippen LogP contribution in [0.5, 0.6) is 0 Å². The van der Waals surface area contributed by atoms with E-state index >= 15 is 0 Å². The van der Waals surface area contributed by atoms with Crippen LogP contribution in [0.15, 0.2) is 0 Å². The maximum Gasteiger partial charge on any atom is 0.307 e. The van der Waals surface area contributed by atoms with Crippen molar-refractivity contribution in [3.05, 3.63) is 0 Å². The third kappa shape index (κ3) is 7.15. The van der Waals surface area contributed by atoms with E-state index in [4.69, 9.17) is 4.74 Å². The first-order valence-corrected chi connectivity index (χ1v) is 7.13. The standard InChI is InChI=1S/C13H26O2S/c1-7-8-16-10(2)9-12(14)15-11(3)13(4,5)6/h10-11H,7-9H2,1-6H3. The summed E-state index contributed by atoms with van der Waals surface area (Å²) in [6.45, 7) is 12.4. The molecule has 2 nitrogen and oxygen atoms in total. The molecule has 0 spiro atoms. The van der Waals surface area contributed by atoms with Gasteiger partial charge in [0.1, 0.15) is 6.10 Å². The van der Waals surface area contributed by atoms with Crippen LogP contribution < -0.4 is 0 Å². The van der Waals surface area contributed by atoms with Crippen LogP contribution in [-0.4, -0.2) is 23.1 Å². The van der Waals surface area contributed by atoms with Crippen molar-refractivity contribution in [3.8, 4) is 0 Å². The van der Waals surface area contributed by atoms with Crippen LogP contribution in [0.25, 0.3) is 0 Å². The summed E-state index contributed by atoms with van der Waals surface area (Å²) in [6, 6.07) is 0. The van der Waals surface area contributed by atoms with E-state index in [1.165, 1.54) is 0 Å². The summed E-state index contributed by atoms with van der Waals surface area (Å²) < 4.78 is 5.41. The molecule has 96 valence electrons. The molecule has 0 heterocycles. The van der Waals surface area contributed by atoms with Crippen LogP contribution in [0.4, 0.5) is 0 Å². The molecule has 3 heteroatoms. The second-order valence-corrected chi connectivity index (χ2v) is 6.93. The van der Waals surface area contributed by atoms with Gasteiger partial charge < -0.3 is 4.74 Å². The van der Waals surface area contributed by atoms with Crippen molar-refractivity contribution in [2.75, 3.05) is 5.75 Å². The van der Waals surface area contributed by atoms with Crippen LogP contribution in [0.3, 0.4) is 0 Å². The van der Waals surface area contributed by atoms with Gasteiger partial charge in [-0.15, -0.1) is 0 Å². The Labute approximate surface area is 105 Å². The molecule has 16 heavy (non-hydrogen) atoms. The van der Waals surface area contributed by atoms with Gasteiger partial charge in [-0.2, -0.15) is 11.8 Å². The van der Waals surface area contributed by atoms with Gasteiger partial charge in [-0.1, -0.05) is 34.6 Å². The van der Waals surface area contributed by atoms with E-state index in [0.717, 1.165) is 12.2 Å². The van der Waals surface area contributed by atoms with Crippen LogP contribution in [0.1, 0.15) is 54.4 Å². The van der Waals surface area contributed by atoms with Gasteiger partial charge >= 0.3 is 5.97 Å². The molecule has 0 aromatic carbocycles. The second kappa shape index (κ2) is 7.21. The second-order valence-electron chi connectivity index (χ2n) is 5.38. The van der Waals surface area contributed by atoms with Gasteiger partial charge in [0, 0.05) is 5.25 Å². The fourth-order valence-electron chi connectivity index (χ4n) is 1.03. The van der Waals surface area contributed by atoms with Crippen LogP contribution in [-0.2, 0) is 9.53 Å². The molecule has 0 aromatic rings. The quantitative estimate of drug-likeness (QED) is 0.665. The first-order valence-electron chi connectivity index (χ1n) is 6.08. The molecule has 0 saturated heterocycles. The van der Waals surface area contributed by atoms with Gasteiger partial charge in [0.15, 0.2) is 0 Å². The number of hydrogen-bond acceptors (Lipinski definition) is 3. The lowest BCUT2D eigenvalue weighted by Crippen LogP contribution is -2.29. The number of rotatable bonds is 6. The maximum atomic E-state index is 11.6. The van der Waals surface area contributed by atoms with Crippen molar-refractivity contribution >= 4 is 17.7 Å². The predicted molar refractivity (Wildman–Crippen MR) is 71.8 cm³/mol. The monoisotopic (exact) mass is 246 g/mol. The number of hydrogen-bond donors (Lipinski definition) is 0. The van der Waals surface area contributed by atoms with Gasteiger partial charge in [0.25, 0.3) is 0 Å². The van der Waals surface area contributed by atoms with E-state index in [1.54, 1.807) is 0 Å². The zero-order valence-corrected chi connectivity index (χ0v) is 12.3. The van der Waals surface area contributed by atoms with Gasteiger partial charge in [0.05, 0.1) is 6.42 Å². The molecule has 0 amide bonds. The number of ether oxygens (including phenoxy) is 1. The summed E-state index contributed by atoms with van der Waals surface area (Å²) >= 11 is 1.84. The summed E-state index contributed by atoms with van der Waals surface area (Å²) in [5.41, 5.74) is 0.0233. The first-order chi connectivity index (χ1) is 7.27. The third-order valence-electron chi connectivity index (χ3n) is 2.59. The van der Waals surface area contributed by atoms with E-state index in [-0.39, 0.29) is 17.5 Å². The fourth-order valence-corrected chi connectivity index (χ4v) is 1.93. The molecule has 0 bridgehead atoms. The molecule has 0 fully saturated rings. The van der Waals surface area contributed by atoms with E-state index in [2.05, 4.69) is 34.6 Å². The number of carbonyl (C=O) groups is 1. The predicted octanol–water partition coefficient (Wildman–Crippen LogP) is 3.89. The largest absolute Gasteiger partial charge is 0.462 e. The van der Waals surface area contributed by atoms with Crippen molar-refractivity contribution < 1.29 is 9.53 Å². The highest BCUT2D eigenvalue weighted by atomic mass is 32.2. The fraction of sp³-hybridized carbons (Fsp3) is 0.923. The van der Waals surface area contributed by atoms with Crippen molar-refractivity contribution in [3.63, 3.8) is 0 Å². The zero-order chi connectivity index (χ0) is 12.8. The number of carbonyl (C=O) groups excluding carboxylic acids is 1. The van der Waals surface area contributed by atoms with Crippen molar-refractivity contribution in [2.45, 2.75) is 65.7 Å². The molecule has 2 unspecified atom stereocenters. The van der Waals surface area contributed by atoms with Gasteiger partial charge in [-0.05, 0) is 24.5 Å². The lowest BCUT2D eigenvalue weighted by atomic mass is 9.90. The molecule has 0 rings (SSSR count). The molecule has 0 aliphatic carbocycles. The highest BCUT2D eigenvalue weighted by Gasteiger charge is 2.24. The summed E-state index contributed by atoms with van der Waals surface area (Å²) in [6.07, 6.45) is 1.65. The lowest BCUT2D eigenvalue weighted by molar-refractivity contribution is -0.153. The Bertz CT molecular complexity index is 208. The Hall–Kier alpha value is -0.180. The summed E-state index contributed by atoms with van der Waals surface area (Å²) in [7, 11) is 0. The Morgan fingerprint density at radius 3 is 2.31 bits per heavy atom. The van der Waals surface area contributed by atoms with E-state index in [0.29, 0.717) is 11.7 Å². The minimum atomic E-state index is -0.0708. The molecular weight excluding hydrogens is 220 g/mol. The third-order valence-corrected chi connectivity index (χ3v) is 3.97. The van der Waals surface area contributed by atoms with Crippen LogP contribution >= 0.6 is 11.8 Å². The molecule has 0 saturated carbocycles. The Morgan fingerprint density at radius 1 is 1.31 bits per heavy atom. The lowest BCUT2D eigenvalue weighted by Gasteiger charge is -2.27. The first kappa shape index (κ1) is 15.8. The summed E-state index contributed by atoms with van der Waals surface area (Å²) in [5.74, 6) is 1.04. The highest BCUT2D eigenvalue weighted by Crippen LogP contribution is 2.23. The minimum Gasteiger partial charge on any atom is -0.462 e. The molecule has 0 aliphatic heterocycles. The molecule has 0 aliphatic rings. The molecular formula is C13H26O2S. The molecule has 2 atom stereocenters. The summed E-state index contributed by atoms with van der Waals surface area (Å²) in [4.78, 5) is 11.6. The van der Waals surface area contributed by atoms with Crippen molar-refractivity contribution in [1.82, 2.24) is 0 Å².